The first-order valence-electron chi connectivity index (χ1n) is 14.3. The van der Waals surface area contributed by atoms with Crippen LogP contribution in [0.4, 0.5) is 0 Å². The van der Waals surface area contributed by atoms with Gasteiger partial charge in [-0.15, -0.1) is 0 Å². The van der Waals surface area contributed by atoms with E-state index >= 15 is 0 Å². The highest BCUT2D eigenvalue weighted by molar-refractivity contribution is 7.98. The molecule has 0 saturated carbocycles. The number of amidine groups is 2. The third kappa shape index (κ3) is 20.3. The predicted octanol–water partition coefficient (Wildman–Crippen LogP) is 4.63. The Bertz CT molecular complexity index is 892. The summed E-state index contributed by atoms with van der Waals surface area (Å²) in [6, 6.07) is 4.01. The van der Waals surface area contributed by atoms with Crippen molar-refractivity contribution < 1.29 is 14.3 Å². The Hall–Kier alpha value is -2.67. The summed E-state index contributed by atoms with van der Waals surface area (Å²) < 4.78 is 5.81. The normalized spacial score (nSPS) is 12.2. The van der Waals surface area contributed by atoms with E-state index in [1.807, 2.05) is 26.2 Å². The fraction of sp³-hybridized carbons (Fsp3) is 0.778. The highest BCUT2D eigenvalue weighted by Gasteiger charge is 2.08. The molecule has 0 amide bonds. The molecule has 0 aliphatic rings. The molecular weight excluding hydrogens is 534 g/mol. The zero-order chi connectivity index (χ0) is 29.4. The number of rotatable bonds is 24. The molecule has 0 spiro atoms. The number of aliphatic imine (C=N–C) groups is 2. The molecule has 12 nitrogen and oxygen atoms in total. The van der Waals surface area contributed by atoms with Crippen molar-refractivity contribution in [2.24, 2.45) is 9.98 Å². The van der Waals surface area contributed by atoms with Crippen molar-refractivity contribution in [3.05, 3.63) is 43.9 Å². The minimum Gasteiger partial charge on any atom is -0.464 e. The third-order valence-electron chi connectivity index (χ3n) is 6.05. The molecule has 1 aromatic rings. The van der Waals surface area contributed by atoms with Crippen LogP contribution in [0.3, 0.4) is 0 Å². The maximum absolute atomic E-state index is 11.0. The van der Waals surface area contributed by atoms with Gasteiger partial charge in [-0.05, 0) is 39.1 Å². The Balaban J connectivity index is 2.04. The smallest absolute Gasteiger partial charge is 0.259 e. The van der Waals surface area contributed by atoms with Gasteiger partial charge in [0.25, 0.3) is 13.1 Å². The van der Waals surface area contributed by atoms with Crippen LogP contribution in [0.5, 0.6) is 0 Å². The second-order valence-corrected chi connectivity index (χ2v) is 11.1. The van der Waals surface area contributed by atoms with E-state index in [0.717, 1.165) is 68.2 Å². The van der Waals surface area contributed by atoms with Crippen LogP contribution in [-0.2, 0) is 12.3 Å². The largest absolute Gasteiger partial charge is 0.464 e. The Kier molecular flexibility index (Phi) is 20.4. The minimum atomic E-state index is -0.373. The van der Waals surface area contributed by atoms with E-state index in [9.17, 15) is 20.2 Å². The summed E-state index contributed by atoms with van der Waals surface area (Å²) in [5.74, 6) is 4.38. The van der Waals surface area contributed by atoms with Gasteiger partial charge in [0.2, 0.25) is 0 Å². The number of unbranched alkanes of at least 4 members (excludes halogenated alkanes) is 9. The van der Waals surface area contributed by atoms with Crippen molar-refractivity contribution in [1.82, 2.24) is 15.5 Å². The minimum absolute atomic E-state index is 0.245. The third-order valence-corrected chi connectivity index (χ3v) is 7.03. The lowest BCUT2D eigenvalue weighted by atomic mass is 10.1. The summed E-state index contributed by atoms with van der Waals surface area (Å²) >= 11 is 1.73. The predicted molar refractivity (Wildman–Crippen MR) is 164 cm³/mol. The quantitative estimate of drug-likeness (QED) is 0.0583. The molecule has 0 aromatic carbocycles. The Morgan fingerprint density at radius 3 is 2.00 bits per heavy atom. The lowest BCUT2D eigenvalue weighted by Crippen LogP contribution is -2.32. The van der Waals surface area contributed by atoms with Crippen LogP contribution < -0.4 is 10.6 Å². The molecule has 1 aromatic heterocycles. The molecule has 0 aliphatic heterocycles. The summed E-state index contributed by atoms with van der Waals surface area (Å²) in [6.45, 7) is 2.25. The van der Waals surface area contributed by atoms with E-state index in [0.29, 0.717) is 24.8 Å². The van der Waals surface area contributed by atoms with E-state index in [1.165, 1.54) is 32.1 Å². The average molecular weight is 584 g/mol. The van der Waals surface area contributed by atoms with Crippen LogP contribution >= 0.6 is 11.8 Å². The summed E-state index contributed by atoms with van der Waals surface area (Å²) in [6.07, 6.45) is 11.3. The van der Waals surface area contributed by atoms with Crippen molar-refractivity contribution in [1.29, 1.82) is 0 Å². The van der Waals surface area contributed by atoms with Gasteiger partial charge in [0.15, 0.2) is 11.7 Å². The Labute approximate surface area is 243 Å². The van der Waals surface area contributed by atoms with Gasteiger partial charge in [-0.1, -0.05) is 51.4 Å². The van der Waals surface area contributed by atoms with Gasteiger partial charge in [-0.3, -0.25) is 30.2 Å². The molecule has 1 rings (SSSR count). The van der Waals surface area contributed by atoms with Crippen LogP contribution in [-0.4, -0.2) is 86.0 Å². The Morgan fingerprint density at radius 1 is 0.850 bits per heavy atom. The van der Waals surface area contributed by atoms with Crippen molar-refractivity contribution in [2.75, 3.05) is 59.6 Å². The number of thioether (sulfide) groups is 1. The molecule has 0 fully saturated rings. The van der Waals surface area contributed by atoms with Crippen LogP contribution in [0.25, 0.3) is 0 Å². The molecule has 2 N–H and O–H groups in total. The molecule has 13 heteroatoms. The fourth-order valence-electron chi connectivity index (χ4n) is 4.05. The SMILES string of the molecule is CN=C(C[N+](=O)[O-])NCCCCCCCCCCCCN=C(C[N+](=O)[O-])NCCSCc1ccc(CN(C)C)o1. The van der Waals surface area contributed by atoms with E-state index in [2.05, 4.69) is 25.5 Å². The number of nitrogens with zero attached hydrogens (tertiary/aromatic N) is 5. The molecule has 0 bridgehead atoms. The van der Waals surface area contributed by atoms with Crippen molar-refractivity contribution in [3.63, 3.8) is 0 Å². The second-order valence-electron chi connectivity index (χ2n) is 10.0. The number of hydrogen-bond acceptors (Lipinski definition) is 9. The van der Waals surface area contributed by atoms with Gasteiger partial charge in [-0.2, -0.15) is 11.8 Å². The van der Waals surface area contributed by atoms with Crippen LogP contribution in [0.15, 0.2) is 26.5 Å². The van der Waals surface area contributed by atoms with Crippen LogP contribution in [0.1, 0.15) is 75.7 Å². The zero-order valence-corrected chi connectivity index (χ0v) is 25.4. The lowest BCUT2D eigenvalue weighted by Gasteiger charge is -2.07. The second kappa shape index (κ2) is 23.1. The molecule has 0 aliphatic carbocycles. The van der Waals surface area contributed by atoms with Crippen LogP contribution in [0, 0.1) is 20.2 Å². The highest BCUT2D eigenvalue weighted by atomic mass is 32.2. The van der Waals surface area contributed by atoms with E-state index in [4.69, 9.17) is 4.42 Å². The van der Waals surface area contributed by atoms with E-state index in [-0.39, 0.29) is 22.9 Å². The molecule has 0 atom stereocenters. The van der Waals surface area contributed by atoms with Gasteiger partial charge in [0.1, 0.15) is 11.5 Å². The lowest BCUT2D eigenvalue weighted by molar-refractivity contribution is -0.463. The standard InChI is InChI=1S/C27H49N7O5S/c1-28-26(21-33(35)36)29-16-12-10-8-6-4-5-7-9-11-13-17-30-27(22-34(37)38)31-18-19-40-23-25-15-14-24(39-25)20-32(2)3/h14-15H,4-13,16-23H2,1-3H3,(H,28,29)(H,30,31). The summed E-state index contributed by atoms with van der Waals surface area (Å²) in [5.41, 5.74) is 0. The first kappa shape index (κ1) is 35.4. The fourth-order valence-corrected chi connectivity index (χ4v) is 4.79. The number of furan rings is 1. The monoisotopic (exact) mass is 583 g/mol. The number of nitro groups is 2. The molecule has 228 valence electrons. The van der Waals surface area contributed by atoms with Crippen molar-refractivity contribution in [2.45, 2.75) is 76.5 Å². The first-order chi connectivity index (χ1) is 19.3. The van der Waals surface area contributed by atoms with Crippen LogP contribution in [0.2, 0.25) is 0 Å². The van der Waals surface area contributed by atoms with Gasteiger partial charge >= 0.3 is 0 Å². The highest BCUT2D eigenvalue weighted by Crippen LogP contribution is 2.16. The molecule has 0 radical (unpaired) electrons. The zero-order valence-electron chi connectivity index (χ0n) is 24.6. The first-order valence-corrected chi connectivity index (χ1v) is 15.5. The maximum atomic E-state index is 11.0. The molecule has 0 saturated heterocycles. The van der Waals surface area contributed by atoms with Gasteiger partial charge in [0.05, 0.1) is 12.3 Å². The molecular formula is C27H49N7O5S. The summed E-state index contributed by atoms with van der Waals surface area (Å²) in [4.78, 5) is 31.2. The molecule has 0 unspecified atom stereocenters. The molecule has 40 heavy (non-hydrogen) atoms. The van der Waals surface area contributed by atoms with E-state index in [1.54, 1.807) is 18.8 Å². The maximum Gasteiger partial charge on any atom is 0.259 e. The van der Waals surface area contributed by atoms with E-state index < -0.39 is 0 Å². The summed E-state index contributed by atoms with van der Waals surface area (Å²) in [7, 11) is 5.58. The van der Waals surface area contributed by atoms with Gasteiger partial charge < -0.3 is 20.0 Å². The topological polar surface area (TPSA) is 151 Å². The van der Waals surface area contributed by atoms with Crippen molar-refractivity contribution in [3.8, 4) is 0 Å². The Morgan fingerprint density at radius 2 is 1.40 bits per heavy atom. The number of nitrogens with one attached hydrogen (secondary N) is 2. The van der Waals surface area contributed by atoms with Gasteiger partial charge in [0, 0.05) is 42.3 Å². The molecule has 1 heterocycles. The van der Waals surface area contributed by atoms with Gasteiger partial charge in [-0.25, -0.2) is 0 Å². The number of hydrogen-bond donors (Lipinski definition) is 2. The average Bonchev–Trinajstić information content (AvgIpc) is 3.33. The summed E-state index contributed by atoms with van der Waals surface area (Å²) in [5, 5.41) is 27.7. The van der Waals surface area contributed by atoms with Crippen molar-refractivity contribution >= 4 is 23.4 Å².